The zero-order valence-corrected chi connectivity index (χ0v) is 18.0. The lowest BCUT2D eigenvalue weighted by atomic mass is 10.1. The third-order valence-corrected chi connectivity index (χ3v) is 5.26. The van der Waals surface area contributed by atoms with Crippen molar-refractivity contribution >= 4 is 34.8 Å². The molecule has 4 rings (SSSR count). The molecule has 9 nitrogen and oxygen atoms in total. The SMILES string of the molecule is O=C(CNc1ccccc1C(=O)NC[C@@H]1CCCO1)Nc1cc(Cl)ccc1-n1cncn1. The molecule has 0 aliphatic carbocycles. The normalized spacial score (nSPS) is 15.3. The van der Waals surface area contributed by atoms with Crippen molar-refractivity contribution in [2.75, 3.05) is 30.3 Å². The zero-order chi connectivity index (χ0) is 22.3. The molecule has 10 heteroatoms. The van der Waals surface area contributed by atoms with Gasteiger partial charge in [0.25, 0.3) is 5.91 Å². The zero-order valence-electron chi connectivity index (χ0n) is 17.3. The first kappa shape index (κ1) is 21.8. The summed E-state index contributed by atoms with van der Waals surface area (Å²) in [6.07, 6.45) is 4.95. The number of benzene rings is 2. The fourth-order valence-corrected chi connectivity index (χ4v) is 3.63. The number of amides is 2. The summed E-state index contributed by atoms with van der Waals surface area (Å²) < 4.78 is 7.08. The molecule has 0 unspecified atom stereocenters. The molecule has 1 aromatic heterocycles. The van der Waals surface area contributed by atoms with Crippen molar-refractivity contribution < 1.29 is 14.3 Å². The summed E-state index contributed by atoms with van der Waals surface area (Å²) in [7, 11) is 0. The average Bonchev–Trinajstić information content (AvgIpc) is 3.51. The lowest BCUT2D eigenvalue weighted by Crippen LogP contribution is -2.32. The van der Waals surface area contributed by atoms with Gasteiger partial charge >= 0.3 is 0 Å². The monoisotopic (exact) mass is 454 g/mol. The second kappa shape index (κ2) is 10.3. The standard InChI is InChI=1S/C22H23ClN6O3/c23-15-7-8-20(29-14-24-13-27-29)19(10-15)28-21(30)12-25-18-6-2-1-5-17(18)22(31)26-11-16-4-3-9-32-16/h1-2,5-8,10,13-14,16,25H,3-4,9,11-12H2,(H,26,31)(H,28,30)/t16-/m0/s1. The van der Waals surface area contributed by atoms with Crippen LogP contribution >= 0.6 is 11.6 Å². The highest BCUT2D eigenvalue weighted by molar-refractivity contribution is 6.31. The van der Waals surface area contributed by atoms with Crippen molar-refractivity contribution in [1.82, 2.24) is 20.1 Å². The van der Waals surface area contributed by atoms with E-state index < -0.39 is 0 Å². The maximum absolute atomic E-state index is 12.6. The highest BCUT2D eigenvalue weighted by Crippen LogP contribution is 2.24. The van der Waals surface area contributed by atoms with Crippen molar-refractivity contribution in [2.24, 2.45) is 0 Å². The van der Waals surface area contributed by atoms with Crippen LogP contribution in [0.4, 0.5) is 11.4 Å². The first-order valence-corrected chi connectivity index (χ1v) is 10.6. The predicted molar refractivity (Wildman–Crippen MR) is 121 cm³/mol. The van der Waals surface area contributed by atoms with Crippen LogP contribution in [0.1, 0.15) is 23.2 Å². The van der Waals surface area contributed by atoms with Crippen molar-refractivity contribution in [1.29, 1.82) is 0 Å². The van der Waals surface area contributed by atoms with E-state index in [0.29, 0.717) is 34.2 Å². The Morgan fingerprint density at radius 2 is 2.06 bits per heavy atom. The van der Waals surface area contributed by atoms with Crippen LogP contribution in [0.2, 0.25) is 5.02 Å². The molecule has 1 aliphatic rings. The van der Waals surface area contributed by atoms with E-state index in [4.69, 9.17) is 16.3 Å². The van der Waals surface area contributed by atoms with E-state index in [1.54, 1.807) is 42.5 Å². The number of rotatable bonds is 8. The Balaban J connectivity index is 1.39. The molecule has 0 spiro atoms. The van der Waals surface area contributed by atoms with Crippen LogP contribution in [0.5, 0.6) is 0 Å². The number of ether oxygens (including phenoxy) is 1. The highest BCUT2D eigenvalue weighted by atomic mass is 35.5. The largest absolute Gasteiger partial charge is 0.376 e. The molecule has 166 valence electrons. The van der Waals surface area contributed by atoms with Crippen LogP contribution in [0.15, 0.2) is 55.1 Å². The van der Waals surface area contributed by atoms with Crippen molar-refractivity contribution in [2.45, 2.75) is 18.9 Å². The first-order chi connectivity index (χ1) is 15.6. The quantitative estimate of drug-likeness (QED) is 0.482. The molecular weight excluding hydrogens is 432 g/mol. The van der Waals surface area contributed by atoms with Gasteiger partial charge < -0.3 is 20.7 Å². The highest BCUT2D eigenvalue weighted by Gasteiger charge is 2.18. The second-order valence-electron chi connectivity index (χ2n) is 7.29. The average molecular weight is 455 g/mol. The molecule has 0 radical (unpaired) electrons. The number of hydrogen-bond donors (Lipinski definition) is 3. The molecular formula is C22H23ClN6O3. The number of aromatic nitrogens is 3. The van der Waals surface area contributed by atoms with E-state index in [0.717, 1.165) is 19.4 Å². The predicted octanol–water partition coefficient (Wildman–Crippen LogP) is 2.88. The maximum atomic E-state index is 12.6. The van der Waals surface area contributed by atoms with E-state index in [1.807, 2.05) is 0 Å². The van der Waals surface area contributed by atoms with Gasteiger partial charge in [0.15, 0.2) is 0 Å². The van der Waals surface area contributed by atoms with Crippen molar-refractivity contribution in [3.8, 4) is 5.69 Å². The Morgan fingerprint density at radius 1 is 1.19 bits per heavy atom. The Morgan fingerprint density at radius 3 is 2.84 bits per heavy atom. The summed E-state index contributed by atoms with van der Waals surface area (Å²) in [6.45, 7) is 1.16. The molecule has 1 fully saturated rings. The lowest BCUT2D eigenvalue weighted by Gasteiger charge is -2.15. The fraction of sp³-hybridized carbons (Fsp3) is 0.273. The van der Waals surface area contributed by atoms with Gasteiger partial charge in [-0.2, -0.15) is 5.10 Å². The summed E-state index contributed by atoms with van der Waals surface area (Å²) in [6, 6.07) is 12.1. The molecule has 2 amide bonds. The van der Waals surface area contributed by atoms with Gasteiger partial charge in [0, 0.05) is 23.9 Å². The van der Waals surface area contributed by atoms with Crippen LogP contribution < -0.4 is 16.0 Å². The van der Waals surface area contributed by atoms with Gasteiger partial charge in [0.05, 0.1) is 29.6 Å². The van der Waals surface area contributed by atoms with Crippen LogP contribution in [-0.4, -0.2) is 52.4 Å². The number of carbonyl (C=O) groups excluding carboxylic acids is 2. The minimum atomic E-state index is -0.303. The number of nitrogens with zero attached hydrogens (tertiary/aromatic N) is 3. The molecule has 0 bridgehead atoms. The summed E-state index contributed by atoms with van der Waals surface area (Å²) in [5.41, 5.74) is 2.16. The molecule has 1 atom stereocenters. The van der Waals surface area contributed by atoms with Crippen molar-refractivity contribution in [3.05, 3.63) is 65.7 Å². The smallest absolute Gasteiger partial charge is 0.253 e. The number of hydrogen-bond acceptors (Lipinski definition) is 6. The molecule has 32 heavy (non-hydrogen) atoms. The number of carbonyl (C=O) groups is 2. The Hall–Kier alpha value is -3.43. The number of halogens is 1. The minimum absolute atomic E-state index is 0.0423. The van der Waals surface area contributed by atoms with Gasteiger partial charge in [-0.3, -0.25) is 9.59 Å². The molecule has 2 aromatic carbocycles. The molecule has 2 heterocycles. The molecule has 0 saturated carbocycles. The number of nitrogens with one attached hydrogen (secondary N) is 3. The van der Waals surface area contributed by atoms with Crippen LogP contribution in [0.3, 0.4) is 0 Å². The van der Waals surface area contributed by atoms with Crippen LogP contribution in [-0.2, 0) is 9.53 Å². The number of para-hydroxylation sites is 1. The third-order valence-electron chi connectivity index (χ3n) is 5.02. The van der Waals surface area contributed by atoms with E-state index in [9.17, 15) is 9.59 Å². The van der Waals surface area contributed by atoms with Crippen molar-refractivity contribution in [3.63, 3.8) is 0 Å². The Kier molecular flexibility index (Phi) is 6.98. The molecule has 1 saturated heterocycles. The second-order valence-corrected chi connectivity index (χ2v) is 7.73. The number of anilines is 2. The molecule has 3 N–H and O–H groups in total. The van der Waals surface area contributed by atoms with Gasteiger partial charge in [0.1, 0.15) is 12.7 Å². The van der Waals surface area contributed by atoms with Gasteiger partial charge in [0.2, 0.25) is 5.91 Å². The Labute approximate surface area is 190 Å². The van der Waals surface area contributed by atoms with Crippen LogP contribution in [0.25, 0.3) is 5.69 Å². The molecule has 3 aromatic rings. The molecule has 1 aliphatic heterocycles. The van der Waals surface area contributed by atoms with Gasteiger partial charge in [-0.15, -0.1) is 0 Å². The maximum Gasteiger partial charge on any atom is 0.253 e. The van der Waals surface area contributed by atoms with E-state index in [2.05, 4.69) is 26.0 Å². The van der Waals surface area contributed by atoms with Crippen LogP contribution in [0, 0.1) is 0 Å². The van der Waals surface area contributed by atoms with E-state index in [-0.39, 0.29) is 24.5 Å². The fourth-order valence-electron chi connectivity index (χ4n) is 3.45. The summed E-state index contributed by atoms with van der Waals surface area (Å²) >= 11 is 6.10. The van der Waals surface area contributed by atoms with Gasteiger partial charge in [-0.25, -0.2) is 9.67 Å². The third kappa shape index (κ3) is 5.43. The minimum Gasteiger partial charge on any atom is -0.376 e. The summed E-state index contributed by atoms with van der Waals surface area (Å²) in [5, 5.41) is 13.3. The van der Waals surface area contributed by atoms with Gasteiger partial charge in [-0.05, 0) is 43.2 Å². The first-order valence-electron chi connectivity index (χ1n) is 10.3. The lowest BCUT2D eigenvalue weighted by molar-refractivity contribution is -0.114. The topological polar surface area (TPSA) is 110 Å². The summed E-state index contributed by atoms with van der Waals surface area (Å²) in [4.78, 5) is 29.2. The van der Waals surface area contributed by atoms with Gasteiger partial charge in [-0.1, -0.05) is 23.7 Å². The van der Waals surface area contributed by atoms with E-state index >= 15 is 0 Å². The Bertz CT molecular complexity index is 1080. The summed E-state index contributed by atoms with van der Waals surface area (Å²) in [5.74, 6) is -0.518. The van der Waals surface area contributed by atoms with E-state index in [1.165, 1.54) is 17.3 Å².